The van der Waals surface area contributed by atoms with Crippen molar-refractivity contribution in [3.05, 3.63) is 66.5 Å². The lowest BCUT2D eigenvalue weighted by molar-refractivity contribution is -0.144. The van der Waals surface area contributed by atoms with Crippen LogP contribution in [0.5, 0.6) is 0 Å². The van der Waals surface area contributed by atoms with E-state index in [1.54, 1.807) is 33.9 Å². The first-order valence-electron chi connectivity index (χ1n) is 8.64. The van der Waals surface area contributed by atoms with Crippen LogP contribution in [-0.2, 0) is 35.4 Å². The van der Waals surface area contributed by atoms with Crippen molar-refractivity contribution >= 4 is 45.5 Å². The molecule has 0 amide bonds. The van der Waals surface area contributed by atoms with Crippen LogP contribution < -0.4 is 5.56 Å². The van der Waals surface area contributed by atoms with Gasteiger partial charge in [-0.15, -0.1) is 11.3 Å². The van der Waals surface area contributed by atoms with E-state index in [0.29, 0.717) is 26.3 Å². The van der Waals surface area contributed by atoms with E-state index in [4.69, 9.17) is 27.9 Å². The standard InChI is InChI=1S/C19H16Cl2N2O3S/c20-13-6-5-11(7-14(13)21)8-18(25)26-10-12-9-17(24)23-15-3-1-2-4-16(15)27-19(23)22-12/h5-7,9H,1-4,8,10H2. The monoisotopic (exact) mass is 422 g/mol. The van der Waals surface area contributed by atoms with Gasteiger partial charge in [-0.3, -0.25) is 14.0 Å². The average Bonchev–Trinajstić information content (AvgIpc) is 3.02. The second-order valence-electron chi connectivity index (χ2n) is 6.47. The highest BCUT2D eigenvalue weighted by molar-refractivity contribution is 7.17. The summed E-state index contributed by atoms with van der Waals surface area (Å²) < 4.78 is 6.98. The number of ether oxygens (including phenoxy) is 1. The zero-order valence-corrected chi connectivity index (χ0v) is 16.7. The zero-order valence-electron chi connectivity index (χ0n) is 14.3. The lowest BCUT2D eigenvalue weighted by Crippen LogP contribution is -2.19. The van der Waals surface area contributed by atoms with Crippen molar-refractivity contribution in [2.45, 2.75) is 38.7 Å². The predicted molar refractivity (Wildman–Crippen MR) is 106 cm³/mol. The summed E-state index contributed by atoms with van der Waals surface area (Å²) in [5.74, 6) is -0.416. The molecule has 2 heterocycles. The summed E-state index contributed by atoms with van der Waals surface area (Å²) in [4.78, 5) is 31.0. The van der Waals surface area contributed by atoms with Gasteiger partial charge in [0.1, 0.15) is 6.61 Å². The Kier molecular flexibility index (Phi) is 5.21. The Bertz CT molecular complexity index is 1090. The summed E-state index contributed by atoms with van der Waals surface area (Å²) in [5, 5.41) is 0.828. The Morgan fingerprint density at radius 3 is 2.81 bits per heavy atom. The quantitative estimate of drug-likeness (QED) is 0.590. The maximum Gasteiger partial charge on any atom is 0.310 e. The van der Waals surface area contributed by atoms with E-state index >= 15 is 0 Å². The Morgan fingerprint density at radius 2 is 2.00 bits per heavy atom. The third kappa shape index (κ3) is 3.88. The lowest BCUT2D eigenvalue weighted by Gasteiger charge is -2.10. The lowest BCUT2D eigenvalue weighted by atomic mass is 10.0. The number of carbonyl (C=O) groups is 1. The Hall–Kier alpha value is -1.89. The molecular formula is C19H16Cl2N2O3S. The van der Waals surface area contributed by atoms with Crippen LogP contribution >= 0.6 is 34.5 Å². The van der Waals surface area contributed by atoms with Crippen LogP contribution in [0.25, 0.3) is 4.96 Å². The molecule has 0 aliphatic heterocycles. The molecule has 4 rings (SSSR count). The van der Waals surface area contributed by atoms with Gasteiger partial charge >= 0.3 is 5.97 Å². The van der Waals surface area contributed by atoms with Gasteiger partial charge in [-0.1, -0.05) is 29.3 Å². The van der Waals surface area contributed by atoms with E-state index in [1.807, 2.05) is 0 Å². The Balaban J connectivity index is 1.48. The van der Waals surface area contributed by atoms with Crippen molar-refractivity contribution in [2.75, 3.05) is 0 Å². The first-order chi connectivity index (χ1) is 13.0. The third-order valence-electron chi connectivity index (χ3n) is 4.53. The van der Waals surface area contributed by atoms with Crippen LogP contribution in [0.15, 0.2) is 29.1 Å². The molecule has 2 aromatic heterocycles. The van der Waals surface area contributed by atoms with E-state index in [2.05, 4.69) is 4.98 Å². The van der Waals surface area contributed by atoms with Gasteiger partial charge < -0.3 is 4.74 Å². The molecule has 0 saturated heterocycles. The van der Waals surface area contributed by atoms with Crippen molar-refractivity contribution in [3.8, 4) is 0 Å². The molecule has 5 nitrogen and oxygen atoms in total. The van der Waals surface area contributed by atoms with E-state index in [0.717, 1.165) is 31.4 Å². The highest BCUT2D eigenvalue weighted by Gasteiger charge is 2.18. The van der Waals surface area contributed by atoms with Crippen LogP contribution in [0.4, 0.5) is 0 Å². The van der Waals surface area contributed by atoms with Gasteiger partial charge in [0.2, 0.25) is 0 Å². The van der Waals surface area contributed by atoms with Crippen LogP contribution in [0.3, 0.4) is 0 Å². The fourth-order valence-electron chi connectivity index (χ4n) is 3.24. The van der Waals surface area contributed by atoms with Gasteiger partial charge in [0, 0.05) is 16.6 Å². The molecule has 0 atom stereocenters. The third-order valence-corrected chi connectivity index (χ3v) is 6.41. The van der Waals surface area contributed by atoms with Gasteiger partial charge in [-0.05, 0) is 43.4 Å². The van der Waals surface area contributed by atoms with Crippen molar-refractivity contribution < 1.29 is 9.53 Å². The minimum absolute atomic E-state index is 0.0333. The molecule has 1 aromatic carbocycles. The number of hydrogen-bond donors (Lipinski definition) is 0. The van der Waals surface area contributed by atoms with Crippen LogP contribution in [-0.4, -0.2) is 15.4 Å². The fraction of sp³-hybridized carbons (Fsp3) is 0.316. The second kappa shape index (κ2) is 7.62. The summed E-state index contributed by atoms with van der Waals surface area (Å²) in [6.07, 6.45) is 4.23. The SMILES string of the molecule is O=C(Cc1ccc(Cl)c(Cl)c1)OCc1cc(=O)n2c3c(sc2n1)CCCC3. The Labute approximate surface area is 169 Å². The van der Waals surface area contributed by atoms with Gasteiger partial charge in [-0.25, -0.2) is 4.98 Å². The highest BCUT2D eigenvalue weighted by Crippen LogP contribution is 2.28. The molecule has 0 saturated carbocycles. The second-order valence-corrected chi connectivity index (χ2v) is 8.35. The van der Waals surface area contributed by atoms with Crippen LogP contribution in [0.1, 0.15) is 34.7 Å². The summed E-state index contributed by atoms with van der Waals surface area (Å²) in [5.41, 5.74) is 2.14. The first kappa shape index (κ1) is 18.5. The number of thiazole rings is 1. The van der Waals surface area contributed by atoms with Crippen LogP contribution in [0, 0.1) is 0 Å². The molecule has 0 unspecified atom stereocenters. The van der Waals surface area contributed by atoms with E-state index in [-0.39, 0.29) is 18.6 Å². The van der Waals surface area contributed by atoms with Gasteiger partial charge in [-0.2, -0.15) is 0 Å². The van der Waals surface area contributed by atoms with Crippen molar-refractivity contribution in [2.24, 2.45) is 0 Å². The smallest absolute Gasteiger partial charge is 0.310 e. The minimum Gasteiger partial charge on any atom is -0.459 e. The maximum atomic E-state index is 12.5. The number of fused-ring (bicyclic) bond motifs is 3. The van der Waals surface area contributed by atoms with Crippen molar-refractivity contribution in [3.63, 3.8) is 0 Å². The van der Waals surface area contributed by atoms with Crippen LogP contribution in [0.2, 0.25) is 10.0 Å². The van der Waals surface area contributed by atoms with E-state index in [9.17, 15) is 9.59 Å². The largest absolute Gasteiger partial charge is 0.459 e. The number of halogens is 2. The summed E-state index contributed by atoms with van der Waals surface area (Å²) in [6, 6.07) is 6.45. The number of hydrogen-bond acceptors (Lipinski definition) is 5. The molecule has 0 radical (unpaired) electrons. The molecule has 0 N–H and O–H groups in total. The van der Waals surface area contributed by atoms with E-state index in [1.165, 1.54) is 10.9 Å². The molecule has 3 aromatic rings. The number of rotatable bonds is 4. The molecular weight excluding hydrogens is 407 g/mol. The number of esters is 1. The molecule has 140 valence electrons. The van der Waals surface area contributed by atoms with Gasteiger partial charge in [0.05, 0.1) is 22.2 Å². The molecule has 1 aliphatic carbocycles. The summed E-state index contributed by atoms with van der Waals surface area (Å²) in [6.45, 7) is -0.0333. The zero-order chi connectivity index (χ0) is 19.0. The number of aromatic nitrogens is 2. The fourth-order valence-corrected chi connectivity index (χ4v) is 4.79. The molecule has 0 spiro atoms. The predicted octanol–water partition coefficient (Wildman–Crippen LogP) is 4.23. The molecule has 8 heteroatoms. The maximum absolute atomic E-state index is 12.5. The number of carbonyl (C=O) groups excluding carboxylic acids is 1. The summed E-state index contributed by atoms with van der Waals surface area (Å²) in [7, 11) is 0. The first-order valence-corrected chi connectivity index (χ1v) is 10.2. The van der Waals surface area contributed by atoms with Gasteiger partial charge in [0.25, 0.3) is 5.56 Å². The minimum atomic E-state index is -0.416. The topological polar surface area (TPSA) is 60.7 Å². The number of nitrogens with zero attached hydrogens (tertiary/aromatic N) is 2. The van der Waals surface area contributed by atoms with Gasteiger partial charge in [0.15, 0.2) is 4.96 Å². The average molecular weight is 423 g/mol. The number of aryl methyl sites for hydroxylation is 2. The molecule has 0 bridgehead atoms. The number of benzene rings is 1. The molecule has 27 heavy (non-hydrogen) atoms. The van der Waals surface area contributed by atoms with Crippen molar-refractivity contribution in [1.82, 2.24) is 9.38 Å². The highest BCUT2D eigenvalue weighted by atomic mass is 35.5. The summed E-state index contributed by atoms with van der Waals surface area (Å²) >= 11 is 13.4. The molecule has 0 fully saturated rings. The van der Waals surface area contributed by atoms with E-state index < -0.39 is 5.97 Å². The molecule has 1 aliphatic rings. The van der Waals surface area contributed by atoms with Crippen molar-refractivity contribution in [1.29, 1.82) is 0 Å². The Morgan fingerprint density at radius 1 is 1.19 bits per heavy atom. The normalized spacial score (nSPS) is 13.6.